The molecule has 0 aliphatic heterocycles. The number of carbonyl (C=O) groups excluding carboxylic acids is 1. The third-order valence-electron chi connectivity index (χ3n) is 3.20. The Morgan fingerprint density at radius 3 is 2.55 bits per heavy atom. The van der Waals surface area contributed by atoms with Gasteiger partial charge in [0.05, 0.1) is 4.92 Å². The predicted molar refractivity (Wildman–Crippen MR) is 75.9 cm³/mol. The summed E-state index contributed by atoms with van der Waals surface area (Å²) in [5, 5.41) is 10.6. The molecule has 20 heavy (non-hydrogen) atoms. The maximum atomic E-state index is 11.5. The van der Waals surface area contributed by atoms with Gasteiger partial charge in [0.1, 0.15) is 0 Å². The second-order valence-corrected chi connectivity index (χ2v) is 4.59. The van der Waals surface area contributed by atoms with Crippen LogP contribution in [0.2, 0.25) is 0 Å². The van der Waals surface area contributed by atoms with Crippen LogP contribution in [-0.2, 0) is 13.0 Å². The van der Waals surface area contributed by atoms with Crippen LogP contribution in [0.3, 0.4) is 0 Å². The first-order valence-corrected chi connectivity index (χ1v) is 6.52. The smallest absolute Gasteiger partial charge is 0.269 e. The summed E-state index contributed by atoms with van der Waals surface area (Å²) in [4.78, 5) is 21.7. The average molecular weight is 272 g/mol. The van der Waals surface area contributed by atoms with Gasteiger partial charge in [-0.1, -0.05) is 19.1 Å². The molecule has 0 unspecified atom stereocenters. The van der Waals surface area contributed by atoms with E-state index in [0.29, 0.717) is 6.42 Å². The fraction of sp³-hybridized carbons (Fsp3) is 0.267. The van der Waals surface area contributed by atoms with Gasteiger partial charge in [-0.25, -0.2) is 0 Å². The van der Waals surface area contributed by atoms with E-state index in [9.17, 15) is 14.9 Å². The van der Waals surface area contributed by atoms with Gasteiger partial charge in [0.2, 0.25) is 0 Å². The van der Waals surface area contributed by atoms with Gasteiger partial charge in [0.25, 0.3) is 5.69 Å². The predicted octanol–water partition coefficient (Wildman–Crippen LogP) is 3.23. The van der Waals surface area contributed by atoms with Crippen molar-refractivity contribution in [3.63, 3.8) is 0 Å². The van der Waals surface area contributed by atoms with Crippen LogP contribution in [0.15, 0.2) is 42.7 Å². The summed E-state index contributed by atoms with van der Waals surface area (Å²) in [6, 6.07) is 8.37. The van der Waals surface area contributed by atoms with Crippen LogP contribution in [0.1, 0.15) is 29.3 Å². The number of hydrogen-bond acceptors (Lipinski definition) is 3. The molecule has 1 heterocycles. The van der Waals surface area contributed by atoms with Crippen LogP contribution in [-0.4, -0.2) is 15.3 Å². The van der Waals surface area contributed by atoms with Gasteiger partial charge >= 0.3 is 0 Å². The number of nitrogens with zero attached hydrogens (tertiary/aromatic N) is 2. The first-order valence-electron chi connectivity index (χ1n) is 6.52. The Labute approximate surface area is 117 Å². The van der Waals surface area contributed by atoms with Crippen LogP contribution in [0.5, 0.6) is 0 Å². The Bertz CT molecular complexity index is 614. The second kappa shape index (κ2) is 6.14. The zero-order valence-corrected chi connectivity index (χ0v) is 11.3. The Morgan fingerprint density at radius 2 is 1.95 bits per heavy atom. The monoisotopic (exact) mass is 272 g/mol. The molecule has 0 saturated heterocycles. The largest absolute Gasteiger partial charge is 0.353 e. The topological polar surface area (TPSA) is 65.1 Å². The number of benzene rings is 1. The molecule has 0 saturated carbocycles. The van der Waals surface area contributed by atoms with Crippen molar-refractivity contribution < 1.29 is 9.72 Å². The Balaban J connectivity index is 1.96. The molecule has 1 aromatic heterocycles. The zero-order valence-electron chi connectivity index (χ0n) is 11.3. The first kappa shape index (κ1) is 14.0. The summed E-state index contributed by atoms with van der Waals surface area (Å²) in [7, 11) is 0. The van der Waals surface area contributed by atoms with Gasteiger partial charge in [0.15, 0.2) is 5.78 Å². The van der Waals surface area contributed by atoms with Crippen molar-refractivity contribution in [3.8, 4) is 0 Å². The minimum atomic E-state index is -0.404. The van der Waals surface area contributed by atoms with E-state index in [1.54, 1.807) is 12.1 Å². The van der Waals surface area contributed by atoms with Crippen molar-refractivity contribution in [2.45, 2.75) is 26.3 Å². The van der Waals surface area contributed by atoms with Gasteiger partial charge < -0.3 is 4.57 Å². The molecule has 2 aromatic rings. The minimum Gasteiger partial charge on any atom is -0.353 e. The second-order valence-electron chi connectivity index (χ2n) is 4.59. The number of aromatic nitrogens is 1. The Kier molecular flexibility index (Phi) is 4.30. The number of nitro benzene ring substituents is 1. The maximum absolute atomic E-state index is 11.5. The van der Waals surface area contributed by atoms with Gasteiger partial charge in [-0.05, 0) is 18.1 Å². The van der Waals surface area contributed by atoms with Crippen LogP contribution >= 0.6 is 0 Å². The third kappa shape index (κ3) is 3.32. The van der Waals surface area contributed by atoms with Crippen molar-refractivity contribution in [2.24, 2.45) is 0 Å². The Hall–Kier alpha value is -2.43. The number of Topliss-reactive ketones (excluding diaryl/α,β-unsaturated/α-hetero) is 1. The SMILES string of the molecule is CCC(=O)c1ccn(CCc2ccc([N+](=O)[O-])cc2)c1. The molecule has 1 aromatic carbocycles. The molecule has 5 heteroatoms. The quantitative estimate of drug-likeness (QED) is 0.460. The van der Waals surface area contributed by atoms with Crippen molar-refractivity contribution in [1.82, 2.24) is 4.57 Å². The summed E-state index contributed by atoms with van der Waals surface area (Å²) in [6.07, 6.45) is 5.00. The van der Waals surface area contributed by atoms with E-state index in [2.05, 4.69) is 0 Å². The van der Waals surface area contributed by atoms with Crippen LogP contribution in [0.4, 0.5) is 5.69 Å². The number of rotatable bonds is 6. The molecule has 0 N–H and O–H groups in total. The summed E-state index contributed by atoms with van der Waals surface area (Å²) >= 11 is 0. The fourth-order valence-electron chi connectivity index (χ4n) is 1.99. The highest BCUT2D eigenvalue weighted by atomic mass is 16.6. The first-order chi connectivity index (χ1) is 9.60. The number of ketones is 1. The number of non-ortho nitro benzene ring substituents is 1. The molecule has 0 fully saturated rings. The molecular weight excluding hydrogens is 256 g/mol. The lowest BCUT2D eigenvalue weighted by atomic mass is 10.1. The van der Waals surface area contributed by atoms with E-state index in [1.807, 2.05) is 30.0 Å². The van der Waals surface area contributed by atoms with Gasteiger partial charge in [-0.3, -0.25) is 14.9 Å². The van der Waals surface area contributed by atoms with Crippen molar-refractivity contribution in [2.75, 3.05) is 0 Å². The lowest BCUT2D eigenvalue weighted by Gasteiger charge is -2.03. The standard InChI is InChI=1S/C15H16N2O3/c1-2-15(18)13-8-10-16(11-13)9-7-12-3-5-14(6-4-12)17(19)20/h3-6,8,10-11H,2,7,9H2,1H3. The number of aryl methyl sites for hydroxylation is 2. The van der Waals surface area contributed by atoms with Crippen LogP contribution < -0.4 is 0 Å². The molecule has 0 atom stereocenters. The van der Waals surface area contributed by atoms with E-state index in [4.69, 9.17) is 0 Å². The molecule has 0 bridgehead atoms. The summed E-state index contributed by atoms with van der Waals surface area (Å²) < 4.78 is 1.96. The third-order valence-corrected chi connectivity index (χ3v) is 3.20. The van der Waals surface area contributed by atoms with Gasteiger partial charge in [0, 0.05) is 43.1 Å². The van der Waals surface area contributed by atoms with Crippen molar-refractivity contribution in [1.29, 1.82) is 0 Å². The number of nitro groups is 1. The Morgan fingerprint density at radius 1 is 1.25 bits per heavy atom. The minimum absolute atomic E-state index is 0.102. The lowest BCUT2D eigenvalue weighted by Crippen LogP contribution is -2.00. The molecule has 104 valence electrons. The fourth-order valence-corrected chi connectivity index (χ4v) is 1.99. The summed E-state index contributed by atoms with van der Waals surface area (Å²) in [5.74, 6) is 0.138. The molecule has 0 radical (unpaired) electrons. The summed E-state index contributed by atoms with van der Waals surface area (Å²) in [5.41, 5.74) is 1.87. The van der Waals surface area contributed by atoms with E-state index in [1.165, 1.54) is 12.1 Å². The molecule has 0 amide bonds. The number of hydrogen-bond donors (Lipinski definition) is 0. The highest BCUT2D eigenvalue weighted by Crippen LogP contribution is 2.13. The summed E-state index contributed by atoms with van der Waals surface area (Å²) in [6.45, 7) is 2.59. The molecule has 0 aliphatic carbocycles. The normalized spacial score (nSPS) is 10.4. The van der Waals surface area contributed by atoms with Crippen LogP contribution in [0, 0.1) is 10.1 Å². The van der Waals surface area contributed by atoms with Gasteiger partial charge in [-0.2, -0.15) is 0 Å². The van der Waals surface area contributed by atoms with E-state index in [0.717, 1.165) is 24.1 Å². The maximum Gasteiger partial charge on any atom is 0.269 e. The molecule has 0 aliphatic rings. The zero-order chi connectivity index (χ0) is 14.5. The molecular formula is C15H16N2O3. The van der Waals surface area contributed by atoms with Crippen molar-refractivity contribution in [3.05, 3.63) is 64.0 Å². The molecule has 0 spiro atoms. The van der Waals surface area contributed by atoms with E-state index >= 15 is 0 Å². The average Bonchev–Trinajstić information content (AvgIpc) is 2.93. The lowest BCUT2D eigenvalue weighted by molar-refractivity contribution is -0.384. The van der Waals surface area contributed by atoms with E-state index in [-0.39, 0.29) is 11.5 Å². The van der Waals surface area contributed by atoms with Gasteiger partial charge in [-0.15, -0.1) is 0 Å². The van der Waals surface area contributed by atoms with Crippen LogP contribution in [0.25, 0.3) is 0 Å². The molecule has 2 rings (SSSR count). The number of carbonyl (C=O) groups is 1. The highest BCUT2D eigenvalue weighted by molar-refractivity contribution is 5.95. The van der Waals surface area contributed by atoms with E-state index < -0.39 is 4.92 Å². The van der Waals surface area contributed by atoms with Crippen molar-refractivity contribution >= 4 is 11.5 Å². The highest BCUT2D eigenvalue weighted by Gasteiger charge is 2.06. The molecule has 5 nitrogen and oxygen atoms in total.